The summed E-state index contributed by atoms with van der Waals surface area (Å²) in [7, 11) is 1.89. The Labute approximate surface area is 98.1 Å². The molecule has 90 valence electrons. The van der Waals surface area contributed by atoms with Gasteiger partial charge in [0.1, 0.15) is 17.5 Å². The number of halogens is 2. The van der Waals surface area contributed by atoms with E-state index in [0.29, 0.717) is 18.7 Å². The van der Waals surface area contributed by atoms with E-state index in [9.17, 15) is 8.78 Å². The Balaban J connectivity index is 1.92. The molecule has 0 spiro atoms. The first-order valence-electron chi connectivity index (χ1n) is 5.27. The number of aromatic nitrogens is 2. The van der Waals surface area contributed by atoms with E-state index in [1.54, 1.807) is 6.20 Å². The van der Waals surface area contributed by atoms with Crippen LogP contribution >= 0.6 is 0 Å². The highest BCUT2D eigenvalue weighted by molar-refractivity contribution is 5.18. The number of aryl methyl sites for hydroxylation is 1. The summed E-state index contributed by atoms with van der Waals surface area (Å²) in [4.78, 5) is 4.13. The molecule has 1 aromatic heterocycles. The number of nitrogens with zero attached hydrogens (tertiary/aromatic N) is 2. The molecule has 0 unspecified atom stereocenters. The van der Waals surface area contributed by atoms with Crippen molar-refractivity contribution in [1.29, 1.82) is 0 Å². The smallest absolute Gasteiger partial charge is 0.130 e. The number of imidazole rings is 1. The fourth-order valence-corrected chi connectivity index (χ4v) is 1.54. The van der Waals surface area contributed by atoms with Crippen LogP contribution in [0.3, 0.4) is 0 Å². The van der Waals surface area contributed by atoms with Gasteiger partial charge >= 0.3 is 0 Å². The lowest BCUT2D eigenvalue weighted by Crippen LogP contribution is -2.16. The second kappa shape index (κ2) is 5.05. The molecular weight excluding hydrogens is 224 g/mol. The minimum Gasteiger partial charge on any atom is -0.337 e. The first-order chi connectivity index (χ1) is 8.16. The lowest BCUT2D eigenvalue weighted by molar-refractivity contribution is 0.555. The number of benzene rings is 1. The molecule has 0 saturated carbocycles. The van der Waals surface area contributed by atoms with Gasteiger partial charge in [-0.1, -0.05) is 6.07 Å². The molecule has 5 heteroatoms. The van der Waals surface area contributed by atoms with Gasteiger partial charge in [-0.25, -0.2) is 13.8 Å². The quantitative estimate of drug-likeness (QED) is 0.881. The summed E-state index contributed by atoms with van der Waals surface area (Å²) in [6, 6.07) is 3.58. The minimum absolute atomic E-state index is 0.346. The average Bonchev–Trinajstić information content (AvgIpc) is 2.68. The van der Waals surface area contributed by atoms with Crippen LogP contribution in [0.25, 0.3) is 0 Å². The van der Waals surface area contributed by atoms with E-state index >= 15 is 0 Å². The molecule has 0 saturated heterocycles. The fraction of sp³-hybridized carbons (Fsp3) is 0.250. The SMILES string of the molecule is Cn1ccnc1CNCc1ccc(F)cc1F. The van der Waals surface area contributed by atoms with Crippen molar-refractivity contribution in [3.05, 3.63) is 53.6 Å². The molecule has 1 N–H and O–H groups in total. The van der Waals surface area contributed by atoms with Crippen LogP contribution < -0.4 is 5.32 Å². The van der Waals surface area contributed by atoms with Crippen molar-refractivity contribution in [3.8, 4) is 0 Å². The van der Waals surface area contributed by atoms with E-state index in [-0.39, 0.29) is 0 Å². The molecule has 1 heterocycles. The normalized spacial score (nSPS) is 10.8. The Morgan fingerprint density at radius 3 is 2.76 bits per heavy atom. The number of hydrogen-bond donors (Lipinski definition) is 1. The molecule has 0 aliphatic carbocycles. The van der Waals surface area contributed by atoms with Gasteiger partial charge in [0.2, 0.25) is 0 Å². The summed E-state index contributed by atoms with van der Waals surface area (Å²) in [6.07, 6.45) is 3.55. The molecule has 3 nitrogen and oxygen atoms in total. The van der Waals surface area contributed by atoms with Gasteiger partial charge in [-0.2, -0.15) is 0 Å². The zero-order chi connectivity index (χ0) is 12.3. The van der Waals surface area contributed by atoms with Gasteiger partial charge < -0.3 is 9.88 Å². The van der Waals surface area contributed by atoms with E-state index in [1.807, 2.05) is 17.8 Å². The molecule has 0 aliphatic rings. The largest absolute Gasteiger partial charge is 0.337 e. The van der Waals surface area contributed by atoms with Gasteiger partial charge in [0.15, 0.2) is 0 Å². The highest BCUT2D eigenvalue weighted by Gasteiger charge is 2.04. The third-order valence-electron chi connectivity index (χ3n) is 2.53. The van der Waals surface area contributed by atoms with E-state index in [4.69, 9.17) is 0 Å². The summed E-state index contributed by atoms with van der Waals surface area (Å²) in [5.74, 6) is -0.222. The molecule has 1 aromatic carbocycles. The third kappa shape index (κ3) is 2.88. The highest BCUT2D eigenvalue weighted by Crippen LogP contribution is 2.09. The Morgan fingerprint density at radius 2 is 2.12 bits per heavy atom. The standard InChI is InChI=1S/C12H13F2N3/c1-17-5-4-16-12(17)8-15-7-9-2-3-10(13)6-11(9)14/h2-6,15H,7-8H2,1H3. The molecule has 17 heavy (non-hydrogen) atoms. The molecule has 0 atom stereocenters. The maximum atomic E-state index is 13.3. The molecule has 2 rings (SSSR count). The van der Waals surface area contributed by atoms with Crippen molar-refractivity contribution >= 4 is 0 Å². The molecule has 0 bridgehead atoms. The Morgan fingerprint density at radius 1 is 1.29 bits per heavy atom. The van der Waals surface area contributed by atoms with E-state index in [2.05, 4.69) is 10.3 Å². The lowest BCUT2D eigenvalue weighted by atomic mass is 10.2. The van der Waals surface area contributed by atoms with Crippen LogP contribution in [0.1, 0.15) is 11.4 Å². The third-order valence-corrected chi connectivity index (χ3v) is 2.53. The van der Waals surface area contributed by atoms with Gasteiger partial charge in [-0.3, -0.25) is 0 Å². The number of rotatable bonds is 4. The van der Waals surface area contributed by atoms with Crippen molar-refractivity contribution in [3.63, 3.8) is 0 Å². The Kier molecular flexibility index (Phi) is 3.49. The number of nitrogens with one attached hydrogen (secondary N) is 1. The van der Waals surface area contributed by atoms with Crippen molar-refractivity contribution in [2.45, 2.75) is 13.1 Å². The van der Waals surface area contributed by atoms with Crippen molar-refractivity contribution < 1.29 is 8.78 Å². The van der Waals surface area contributed by atoms with Crippen LogP contribution in [0, 0.1) is 11.6 Å². The molecule has 0 radical (unpaired) electrons. The predicted octanol–water partition coefficient (Wildman–Crippen LogP) is 1.99. The van der Waals surface area contributed by atoms with Gasteiger partial charge in [-0.05, 0) is 6.07 Å². The van der Waals surface area contributed by atoms with Crippen molar-refractivity contribution in [2.24, 2.45) is 7.05 Å². The second-order valence-electron chi connectivity index (χ2n) is 3.79. The summed E-state index contributed by atoms with van der Waals surface area (Å²) in [5.41, 5.74) is 0.445. The van der Waals surface area contributed by atoms with E-state index < -0.39 is 11.6 Å². The molecular formula is C12H13F2N3. The van der Waals surface area contributed by atoms with Crippen LogP contribution in [-0.4, -0.2) is 9.55 Å². The fourth-order valence-electron chi connectivity index (χ4n) is 1.54. The van der Waals surface area contributed by atoms with E-state index in [1.165, 1.54) is 12.1 Å². The Bertz CT molecular complexity index is 508. The lowest BCUT2D eigenvalue weighted by Gasteiger charge is -2.06. The van der Waals surface area contributed by atoms with Crippen molar-refractivity contribution in [1.82, 2.24) is 14.9 Å². The maximum Gasteiger partial charge on any atom is 0.130 e. The molecule has 0 fully saturated rings. The minimum atomic E-state index is -0.560. The first-order valence-corrected chi connectivity index (χ1v) is 5.27. The maximum absolute atomic E-state index is 13.3. The van der Waals surface area contributed by atoms with Crippen LogP contribution in [0.4, 0.5) is 8.78 Å². The van der Waals surface area contributed by atoms with Gasteiger partial charge in [0.05, 0.1) is 6.54 Å². The number of hydrogen-bond acceptors (Lipinski definition) is 2. The topological polar surface area (TPSA) is 29.9 Å². The predicted molar refractivity (Wildman–Crippen MR) is 60.1 cm³/mol. The summed E-state index contributed by atoms with van der Waals surface area (Å²) >= 11 is 0. The molecule has 0 amide bonds. The second-order valence-corrected chi connectivity index (χ2v) is 3.79. The summed E-state index contributed by atoms with van der Waals surface area (Å²) in [6.45, 7) is 0.888. The average molecular weight is 237 g/mol. The monoisotopic (exact) mass is 237 g/mol. The van der Waals surface area contributed by atoms with Crippen LogP contribution in [-0.2, 0) is 20.1 Å². The summed E-state index contributed by atoms with van der Waals surface area (Å²) in [5, 5.41) is 3.06. The van der Waals surface area contributed by atoms with E-state index in [0.717, 1.165) is 11.9 Å². The molecule has 0 aliphatic heterocycles. The Hall–Kier alpha value is -1.75. The van der Waals surface area contributed by atoms with Crippen molar-refractivity contribution in [2.75, 3.05) is 0 Å². The molecule has 2 aromatic rings. The van der Waals surface area contributed by atoms with Gasteiger partial charge in [-0.15, -0.1) is 0 Å². The highest BCUT2D eigenvalue weighted by atomic mass is 19.1. The van der Waals surface area contributed by atoms with Crippen LogP contribution in [0.15, 0.2) is 30.6 Å². The van der Waals surface area contributed by atoms with Crippen LogP contribution in [0.2, 0.25) is 0 Å². The van der Waals surface area contributed by atoms with Gasteiger partial charge in [0, 0.05) is 37.6 Å². The van der Waals surface area contributed by atoms with Crippen LogP contribution in [0.5, 0.6) is 0 Å². The first kappa shape index (κ1) is 11.7. The zero-order valence-corrected chi connectivity index (χ0v) is 9.45. The van der Waals surface area contributed by atoms with Gasteiger partial charge in [0.25, 0.3) is 0 Å². The zero-order valence-electron chi connectivity index (χ0n) is 9.45. The summed E-state index contributed by atoms with van der Waals surface area (Å²) < 4.78 is 27.8.